The van der Waals surface area contributed by atoms with Crippen molar-refractivity contribution in [3.63, 3.8) is 0 Å². The first-order chi connectivity index (χ1) is 13.5. The SMILES string of the molecule is CCN(CC(=O)NCc1ccc(F)cc1)CC(O)COc1ccc(C#N)cc1. The summed E-state index contributed by atoms with van der Waals surface area (Å²) in [5.41, 5.74) is 1.35. The maximum absolute atomic E-state index is 12.9. The molecule has 0 saturated carbocycles. The molecule has 1 amide bonds. The van der Waals surface area contributed by atoms with Crippen LogP contribution in [0.2, 0.25) is 0 Å². The van der Waals surface area contributed by atoms with Crippen LogP contribution in [0.15, 0.2) is 48.5 Å². The first kappa shape index (κ1) is 21.4. The zero-order chi connectivity index (χ0) is 20.4. The van der Waals surface area contributed by atoms with Gasteiger partial charge in [0.1, 0.15) is 24.3 Å². The number of hydrogen-bond acceptors (Lipinski definition) is 5. The van der Waals surface area contributed by atoms with Crippen molar-refractivity contribution < 1.29 is 19.0 Å². The van der Waals surface area contributed by atoms with Crippen LogP contribution in [-0.4, -0.2) is 48.3 Å². The van der Waals surface area contributed by atoms with Crippen molar-refractivity contribution >= 4 is 5.91 Å². The number of aliphatic hydroxyl groups is 1. The molecular formula is C21H24FN3O3. The Hall–Kier alpha value is -2.95. The van der Waals surface area contributed by atoms with Crippen molar-refractivity contribution in [3.05, 3.63) is 65.5 Å². The number of likely N-dealkylation sites (N-methyl/N-ethyl adjacent to an activating group) is 1. The van der Waals surface area contributed by atoms with E-state index in [4.69, 9.17) is 10.00 Å². The van der Waals surface area contributed by atoms with Gasteiger partial charge in [-0.25, -0.2) is 4.39 Å². The fourth-order valence-corrected chi connectivity index (χ4v) is 2.54. The predicted molar refractivity (Wildman–Crippen MR) is 103 cm³/mol. The van der Waals surface area contributed by atoms with Crippen LogP contribution >= 0.6 is 0 Å². The molecule has 2 rings (SSSR count). The number of carbonyl (C=O) groups is 1. The predicted octanol–water partition coefficient (Wildman–Crippen LogP) is 2.08. The maximum atomic E-state index is 12.9. The van der Waals surface area contributed by atoms with E-state index in [-0.39, 0.29) is 31.4 Å². The van der Waals surface area contributed by atoms with E-state index in [1.165, 1.54) is 12.1 Å². The van der Waals surface area contributed by atoms with Crippen molar-refractivity contribution in [1.29, 1.82) is 5.26 Å². The van der Waals surface area contributed by atoms with Crippen molar-refractivity contribution in [2.75, 3.05) is 26.2 Å². The number of aliphatic hydroxyl groups excluding tert-OH is 1. The molecule has 2 aromatic rings. The summed E-state index contributed by atoms with van der Waals surface area (Å²) in [6.45, 7) is 3.34. The molecule has 7 heteroatoms. The van der Waals surface area contributed by atoms with Gasteiger partial charge in [-0.3, -0.25) is 9.69 Å². The van der Waals surface area contributed by atoms with Gasteiger partial charge in [0.15, 0.2) is 0 Å². The highest BCUT2D eigenvalue weighted by atomic mass is 19.1. The standard InChI is InChI=1S/C21H24FN3O3/c1-2-25(14-21(27)24-12-17-3-7-18(22)8-4-17)13-19(26)15-28-20-9-5-16(11-23)6-10-20/h3-10,19,26H,2,12-15H2,1H3,(H,24,27). The summed E-state index contributed by atoms with van der Waals surface area (Å²) in [5, 5.41) is 21.7. The second-order valence-electron chi connectivity index (χ2n) is 6.33. The summed E-state index contributed by atoms with van der Waals surface area (Å²) >= 11 is 0. The number of carbonyl (C=O) groups excluding carboxylic acids is 1. The number of nitriles is 1. The van der Waals surface area contributed by atoms with Crippen LogP contribution in [0.5, 0.6) is 5.75 Å². The Morgan fingerprint density at radius 1 is 1.25 bits per heavy atom. The first-order valence-corrected chi connectivity index (χ1v) is 9.04. The molecule has 0 fully saturated rings. The number of nitrogens with zero attached hydrogens (tertiary/aromatic N) is 2. The second kappa shape index (κ2) is 11.0. The minimum atomic E-state index is -0.763. The lowest BCUT2D eigenvalue weighted by Gasteiger charge is -2.23. The zero-order valence-electron chi connectivity index (χ0n) is 15.8. The summed E-state index contributed by atoms with van der Waals surface area (Å²) in [7, 11) is 0. The molecule has 2 N–H and O–H groups in total. The number of ether oxygens (including phenoxy) is 1. The third kappa shape index (κ3) is 7.35. The zero-order valence-corrected chi connectivity index (χ0v) is 15.8. The molecule has 0 aliphatic carbocycles. The van der Waals surface area contributed by atoms with Gasteiger partial charge >= 0.3 is 0 Å². The Morgan fingerprint density at radius 3 is 2.54 bits per heavy atom. The van der Waals surface area contributed by atoms with Crippen LogP contribution in [0.4, 0.5) is 4.39 Å². The number of halogens is 1. The van der Waals surface area contributed by atoms with Crippen LogP contribution < -0.4 is 10.1 Å². The fraction of sp³-hybridized carbons (Fsp3) is 0.333. The highest BCUT2D eigenvalue weighted by Gasteiger charge is 2.14. The monoisotopic (exact) mass is 385 g/mol. The smallest absolute Gasteiger partial charge is 0.234 e. The molecule has 6 nitrogen and oxygen atoms in total. The molecule has 2 aromatic carbocycles. The van der Waals surface area contributed by atoms with E-state index < -0.39 is 6.10 Å². The lowest BCUT2D eigenvalue weighted by Crippen LogP contribution is -2.42. The number of amides is 1. The van der Waals surface area contributed by atoms with Crippen LogP contribution in [0, 0.1) is 17.1 Å². The topological polar surface area (TPSA) is 85.6 Å². The van der Waals surface area contributed by atoms with Gasteiger partial charge in [-0.05, 0) is 48.5 Å². The molecule has 0 aromatic heterocycles. The normalized spacial score (nSPS) is 11.7. The molecule has 1 unspecified atom stereocenters. The minimum absolute atomic E-state index is 0.0829. The third-order valence-corrected chi connectivity index (χ3v) is 4.11. The minimum Gasteiger partial charge on any atom is -0.491 e. The molecule has 148 valence electrons. The maximum Gasteiger partial charge on any atom is 0.234 e. The average Bonchev–Trinajstić information content (AvgIpc) is 2.71. The van der Waals surface area contributed by atoms with E-state index in [0.29, 0.717) is 24.4 Å². The fourth-order valence-electron chi connectivity index (χ4n) is 2.54. The first-order valence-electron chi connectivity index (χ1n) is 9.04. The number of rotatable bonds is 10. The van der Waals surface area contributed by atoms with Gasteiger partial charge in [0.05, 0.1) is 18.2 Å². The van der Waals surface area contributed by atoms with Gasteiger partial charge in [-0.15, -0.1) is 0 Å². The summed E-state index contributed by atoms with van der Waals surface area (Å²) in [6, 6.07) is 14.6. The number of nitrogens with one attached hydrogen (secondary N) is 1. The van der Waals surface area contributed by atoms with E-state index in [1.54, 1.807) is 36.4 Å². The molecule has 0 radical (unpaired) electrons. The summed E-state index contributed by atoms with van der Waals surface area (Å²) in [4.78, 5) is 13.9. The third-order valence-electron chi connectivity index (χ3n) is 4.11. The van der Waals surface area contributed by atoms with Crippen LogP contribution in [-0.2, 0) is 11.3 Å². The molecule has 0 aliphatic heterocycles. The van der Waals surface area contributed by atoms with E-state index in [1.807, 2.05) is 17.9 Å². The van der Waals surface area contributed by atoms with Crippen molar-refractivity contribution in [3.8, 4) is 11.8 Å². The Morgan fingerprint density at radius 2 is 1.93 bits per heavy atom. The van der Waals surface area contributed by atoms with Crippen molar-refractivity contribution in [2.24, 2.45) is 0 Å². The van der Waals surface area contributed by atoms with Gasteiger partial charge in [0.2, 0.25) is 5.91 Å². The summed E-state index contributed by atoms with van der Waals surface area (Å²) in [6.07, 6.45) is -0.763. The van der Waals surface area contributed by atoms with Gasteiger partial charge in [-0.1, -0.05) is 19.1 Å². The average molecular weight is 385 g/mol. The molecule has 1 atom stereocenters. The van der Waals surface area contributed by atoms with Gasteiger partial charge in [-0.2, -0.15) is 5.26 Å². The molecule has 0 spiro atoms. The van der Waals surface area contributed by atoms with Crippen molar-refractivity contribution in [1.82, 2.24) is 10.2 Å². The van der Waals surface area contributed by atoms with Crippen LogP contribution in [0.3, 0.4) is 0 Å². The Labute approximate surface area is 164 Å². The summed E-state index contributed by atoms with van der Waals surface area (Å²) in [5.74, 6) is 0.0778. The molecular weight excluding hydrogens is 361 g/mol. The molecule has 0 heterocycles. The Kier molecular flexibility index (Phi) is 8.40. The van der Waals surface area contributed by atoms with E-state index >= 15 is 0 Å². The number of hydrogen-bond donors (Lipinski definition) is 2. The van der Waals surface area contributed by atoms with Gasteiger partial charge < -0.3 is 15.2 Å². The Balaban J connectivity index is 1.73. The molecule has 0 saturated heterocycles. The van der Waals surface area contributed by atoms with E-state index in [0.717, 1.165) is 5.56 Å². The number of benzene rings is 2. The highest BCUT2D eigenvalue weighted by molar-refractivity contribution is 5.78. The largest absolute Gasteiger partial charge is 0.491 e. The summed E-state index contributed by atoms with van der Waals surface area (Å²) < 4.78 is 18.4. The van der Waals surface area contributed by atoms with Gasteiger partial charge in [0, 0.05) is 13.1 Å². The molecule has 0 aliphatic rings. The van der Waals surface area contributed by atoms with E-state index in [2.05, 4.69) is 5.32 Å². The van der Waals surface area contributed by atoms with Crippen LogP contribution in [0.25, 0.3) is 0 Å². The quantitative estimate of drug-likeness (QED) is 0.654. The van der Waals surface area contributed by atoms with E-state index in [9.17, 15) is 14.3 Å². The highest BCUT2D eigenvalue weighted by Crippen LogP contribution is 2.12. The second-order valence-corrected chi connectivity index (χ2v) is 6.33. The molecule has 0 bridgehead atoms. The van der Waals surface area contributed by atoms with Crippen molar-refractivity contribution in [2.45, 2.75) is 19.6 Å². The van der Waals surface area contributed by atoms with Crippen LogP contribution in [0.1, 0.15) is 18.1 Å². The molecule has 28 heavy (non-hydrogen) atoms. The lowest BCUT2D eigenvalue weighted by molar-refractivity contribution is -0.122. The lowest BCUT2D eigenvalue weighted by atomic mass is 10.2. The Bertz CT molecular complexity index is 788. The van der Waals surface area contributed by atoms with Gasteiger partial charge in [0.25, 0.3) is 0 Å².